The van der Waals surface area contributed by atoms with Gasteiger partial charge in [-0.1, -0.05) is 11.3 Å². The Kier molecular flexibility index (Phi) is 2.15. The van der Waals surface area contributed by atoms with Crippen molar-refractivity contribution in [1.29, 1.82) is 0 Å². The van der Waals surface area contributed by atoms with Gasteiger partial charge in [0.25, 0.3) is 6.43 Å². The third-order valence-electron chi connectivity index (χ3n) is 2.11. The summed E-state index contributed by atoms with van der Waals surface area (Å²) in [7, 11) is 0. The Labute approximate surface area is 83.6 Å². The molecule has 2 rings (SSSR count). The van der Waals surface area contributed by atoms with Crippen LogP contribution >= 0.6 is 11.3 Å². The molecule has 0 aliphatic rings. The summed E-state index contributed by atoms with van der Waals surface area (Å²) in [6, 6.07) is 4.49. The van der Waals surface area contributed by atoms with E-state index in [1.165, 1.54) is 12.1 Å². The monoisotopic (exact) mass is 214 g/mol. The molecule has 1 N–H and O–H groups in total. The smallest absolute Gasteiger partial charge is 0.263 e. The fourth-order valence-corrected chi connectivity index (χ4v) is 2.38. The number of rotatable bonds is 1. The van der Waals surface area contributed by atoms with E-state index in [-0.39, 0.29) is 10.6 Å². The number of fused-ring (bicyclic) bond motifs is 1. The van der Waals surface area contributed by atoms with Crippen molar-refractivity contribution < 1.29 is 13.9 Å². The molecule has 0 spiro atoms. The van der Waals surface area contributed by atoms with Crippen LogP contribution in [-0.2, 0) is 0 Å². The summed E-state index contributed by atoms with van der Waals surface area (Å²) in [5.74, 6) is 0. The summed E-state index contributed by atoms with van der Waals surface area (Å²) in [5, 5.41) is 10.2. The maximum atomic E-state index is 12.4. The van der Waals surface area contributed by atoms with E-state index in [0.717, 1.165) is 22.3 Å². The normalized spacial score (nSPS) is 11.4. The SMILES string of the molecule is Cc1cc(C(F)F)cc2sc(O)cc12. The second-order valence-corrected chi connectivity index (χ2v) is 4.20. The molecule has 0 amide bonds. The molecule has 0 saturated heterocycles. The molecule has 14 heavy (non-hydrogen) atoms. The molecule has 0 atom stereocenters. The molecule has 4 heteroatoms. The second-order valence-electron chi connectivity index (χ2n) is 3.13. The first-order valence-electron chi connectivity index (χ1n) is 4.09. The topological polar surface area (TPSA) is 20.2 Å². The van der Waals surface area contributed by atoms with Crippen molar-refractivity contribution in [3.63, 3.8) is 0 Å². The van der Waals surface area contributed by atoms with Crippen LogP contribution in [0.1, 0.15) is 17.6 Å². The van der Waals surface area contributed by atoms with Crippen LogP contribution in [0.2, 0.25) is 0 Å². The summed E-state index contributed by atoms with van der Waals surface area (Å²) >= 11 is 1.12. The summed E-state index contributed by atoms with van der Waals surface area (Å²) < 4.78 is 25.6. The lowest BCUT2D eigenvalue weighted by molar-refractivity contribution is 0.151. The molecule has 1 aromatic heterocycles. The van der Waals surface area contributed by atoms with Gasteiger partial charge in [-0.15, -0.1) is 0 Å². The quantitative estimate of drug-likeness (QED) is 0.764. The number of alkyl halides is 2. The highest BCUT2D eigenvalue weighted by molar-refractivity contribution is 7.20. The van der Waals surface area contributed by atoms with Gasteiger partial charge in [0.2, 0.25) is 0 Å². The molecular weight excluding hydrogens is 206 g/mol. The number of hydrogen-bond acceptors (Lipinski definition) is 2. The molecule has 1 aromatic carbocycles. The maximum absolute atomic E-state index is 12.4. The summed E-state index contributed by atoms with van der Waals surface area (Å²) in [5.41, 5.74) is 0.784. The van der Waals surface area contributed by atoms with E-state index in [0.29, 0.717) is 4.70 Å². The molecule has 0 aliphatic heterocycles. The van der Waals surface area contributed by atoms with Gasteiger partial charge in [0, 0.05) is 10.3 Å². The van der Waals surface area contributed by atoms with Crippen LogP contribution in [0.3, 0.4) is 0 Å². The Morgan fingerprint density at radius 1 is 1.29 bits per heavy atom. The first-order valence-corrected chi connectivity index (χ1v) is 4.91. The van der Waals surface area contributed by atoms with Crippen molar-refractivity contribution in [3.8, 4) is 5.06 Å². The zero-order valence-corrected chi connectivity index (χ0v) is 8.24. The largest absolute Gasteiger partial charge is 0.499 e. The van der Waals surface area contributed by atoms with Crippen molar-refractivity contribution in [1.82, 2.24) is 0 Å². The first kappa shape index (κ1) is 9.40. The summed E-state index contributed by atoms with van der Waals surface area (Å²) in [6.07, 6.45) is -2.46. The lowest BCUT2D eigenvalue weighted by Crippen LogP contribution is -1.84. The van der Waals surface area contributed by atoms with E-state index in [1.54, 1.807) is 13.0 Å². The molecule has 1 nitrogen and oxygen atoms in total. The highest BCUT2D eigenvalue weighted by atomic mass is 32.1. The van der Waals surface area contributed by atoms with Crippen LogP contribution in [-0.4, -0.2) is 5.11 Å². The number of hydrogen-bond donors (Lipinski definition) is 1. The molecule has 0 saturated carbocycles. The second kappa shape index (κ2) is 3.20. The molecule has 0 unspecified atom stereocenters. The Hall–Kier alpha value is -1.16. The minimum atomic E-state index is -2.46. The predicted molar refractivity (Wildman–Crippen MR) is 53.2 cm³/mol. The third-order valence-corrected chi connectivity index (χ3v) is 2.99. The van der Waals surface area contributed by atoms with Crippen LogP contribution in [0.5, 0.6) is 5.06 Å². The van der Waals surface area contributed by atoms with Gasteiger partial charge in [0.15, 0.2) is 5.06 Å². The maximum Gasteiger partial charge on any atom is 0.263 e. The van der Waals surface area contributed by atoms with Gasteiger partial charge in [-0.2, -0.15) is 0 Å². The Bertz CT molecular complexity index is 476. The zero-order valence-electron chi connectivity index (χ0n) is 7.42. The number of benzene rings is 1. The highest BCUT2D eigenvalue weighted by Crippen LogP contribution is 2.35. The number of thiophene rings is 1. The fraction of sp³-hybridized carbons (Fsp3) is 0.200. The zero-order chi connectivity index (χ0) is 10.3. The standard InChI is InChI=1S/C10H8F2OS/c1-5-2-6(10(11)12)3-8-7(5)4-9(13)14-8/h2-4,10,13H,1H3. The van der Waals surface area contributed by atoms with Crippen molar-refractivity contribution >= 4 is 21.4 Å². The number of aryl methyl sites for hydroxylation is 1. The van der Waals surface area contributed by atoms with Crippen molar-refractivity contribution in [3.05, 3.63) is 29.3 Å². The molecule has 1 heterocycles. The first-order chi connectivity index (χ1) is 6.58. The van der Waals surface area contributed by atoms with Crippen molar-refractivity contribution in [2.75, 3.05) is 0 Å². The van der Waals surface area contributed by atoms with E-state index in [2.05, 4.69) is 0 Å². The molecule has 74 valence electrons. The van der Waals surface area contributed by atoms with E-state index >= 15 is 0 Å². The average Bonchev–Trinajstić information content (AvgIpc) is 2.45. The number of halogens is 2. The predicted octanol–water partition coefficient (Wildman–Crippen LogP) is 3.85. The van der Waals surface area contributed by atoms with E-state index in [1.807, 2.05) is 0 Å². The minimum absolute atomic E-state index is 0.0110. The van der Waals surface area contributed by atoms with Crippen LogP contribution in [0.15, 0.2) is 18.2 Å². The van der Waals surface area contributed by atoms with Crippen LogP contribution < -0.4 is 0 Å². The molecule has 0 aliphatic carbocycles. The van der Waals surface area contributed by atoms with Gasteiger partial charge >= 0.3 is 0 Å². The van der Waals surface area contributed by atoms with Crippen molar-refractivity contribution in [2.24, 2.45) is 0 Å². The van der Waals surface area contributed by atoms with Crippen LogP contribution in [0.25, 0.3) is 10.1 Å². The lowest BCUT2D eigenvalue weighted by Gasteiger charge is -2.02. The molecular formula is C10H8F2OS. The Morgan fingerprint density at radius 2 is 2.00 bits per heavy atom. The van der Waals surface area contributed by atoms with E-state index < -0.39 is 6.43 Å². The van der Waals surface area contributed by atoms with Crippen LogP contribution in [0.4, 0.5) is 8.78 Å². The lowest BCUT2D eigenvalue weighted by atomic mass is 10.1. The van der Waals surface area contributed by atoms with Gasteiger partial charge in [-0.05, 0) is 36.1 Å². The Balaban J connectivity index is 2.71. The van der Waals surface area contributed by atoms with Gasteiger partial charge in [0.05, 0.1) is 0 Å². The summed E-state index contributed by atoms with van der Waals surface area (Å²) in [6.45, 7) is 1.76. The fourth-order valence-electron chi connectivity index (χ4n) is 1.45. The van der Waals surface area contributed by atoms with Gasteiger partial charge in [0.1, 0.15) is 0 Å². The molecule has 0 radical (unpaired) electrons. The van der Waals surface area contributed by atoms with Gasteiger partial charge < -0.3 is 5.11 Å². The number of aromatic hydroxyl groups is 1. The van der Waals surface area contributed by atoms with Crippen LogP contribution in [0, 0.1) is 6.92 Å². The summed E-state index contributed by atoms with van der Waals surface area (Å²) in [4.78, 5) is 0. The highest BCUT2D eigenvalue weighted by Gasteiger charge is 2.11. The average molecular weight is 214 g/mol. The van der Waals surface area contributed by atoms with E-state index in [9.17, 15) is 13.9 Å². The third kappa shape index (κ3) is 1.46. The Morgan fingerprint density at radius 3 is 2.64 bits per heavy atom. The van der Waals surface area contributed by atoms with Gasteiger partial charge in [-0.3, -0.25) is 0 Å². The molecule has 0 fully saturated rings. The molecule has 2 aromatic rings. The minimum Gasteiger partial charge on any atom is -0.499 e. The molecule has 0 bridgehead atoms. The van der Waals surface area contributed by atoms with E-state index in [4.69, 9.17) is 0 Å². The van der Waals surface area contributed by atoms with Crippen molar-refractivity contribution in [2.45, 2.75) is 13.3 Å². The van der Waals surface area contributed by atoms with Gasteiger partial charge in [-0.25, -0.2) is 8.78 Å².